The molecule has 6 heteroatoms. The van der Waals surface area contributed by atoms with Crippen LogP contribution >= 0.6 is 11.6 Å². The maximum Gasteiger partial charge on any atom is 0.282 e. The minimum absolute atomic E-state index is 0.0723. The lowest BCUT2D eigenvalue weighted by atomic mass is 9.96. The van der Waals surface area contributed by atoms with E-state index in [1.54, 1.807) is 24.3 Å². The number of carbonyl (C=O) groups is 2. The molecule has 1 fully saturated rings. The van der Waals surface area contributed by atoms with Gasteiger partial charge in [-0.2, -0.15) is 0 Å². The summed E-state index contributed by atoms with van der Waals surface area (Å²) in [6.07, 6.45) is 1.78. The summed E-state index contributed by atoms with van der Waals surface area (Å²) in [5.41, 5.74) is 4.23. The van der Waals surface area contributed by atoms with Gasteiger partial charge in [0.05, 0.1) is 11.3 Å². The number of rotatable bonds is 4. The van der Waals surface area contributed by atoms with Gasteiger partial charge >= 0.3 is 0 Å². The van der Waals surface area contributed by atoms with Gasteiger partial charge in [-0.15, -0.1) is 0 Å². The Balaban J connectivity index is 1.84. The molecule has 2 aliphatic heterocycles. The second-order valence-electron chi connectivity index (χ2n) is 8.09. The van der Waals surface area contributed by atoms with Crippen molar-refractivity contribution in [2.75, 3.05) is 24.6 Å². The van der Waals surface area contributed by atoms with Gasteiger partial charge < -0.3 is 10.0 Å². The van der Waals surface area contributed by atoms with Gasteiger partial charge in [0, 0.05) is 24.7 Å². The van der Waals surface area contributed by atoms with Crippen LogP contribution in [0.25, 0.3) is 5.57 Å². The fourth-order valence-corrected chi connectivity index (χ4v) is 4.42. The lowest BCUT2D eigenvalue weighted by Crippen LogP contribution is -2.40. The highest BCUT2D eigenvalue weighted by Crippen LogP contribution is 2.37. The Kier molecular flexibility index (Phi) is 5.67. The average molecular weight is 425 g/mol. The number of amides is 2. The van der Waals surface area contributed by atoms with Crippen LogP contribution in [0.15, 0.2) is 48.2 Å². The number of aryl methyl sites for hydroxylation is 2. The first kappa shape index (κ1) is 20.6. The molecule has 0 aromatic heterocycles. The number of aliphatic hydroxyl groups is 1. The molecule has 2 aromatic carbocycles. The van der Waals surface area contributed by atoms with Crippen LogP contribution in [-0.4, -0.2) is 41.5 Å². The summed E-state index contributed by atoms with van der Waals surface area (Å²) < 4.78 is 0. The molecule has 0 aliphatic carbocycles. The molecule has 156 valence electrons. The highest BCUT2D eigenvalue weighted by atomic mass is 35.5. The number of piperidine rings is 1. The molecule has 0 saturated carbocycles. The highest BCUT2D eigenvalue weighted by Gasteiger charge is 2.43. The van der Waals surface area contributed by atoms with Crippen molar-refractivity contribution in [1.82, 2.24) is 4.90 Å². The molecule has 2 aromatic rings. The summed E-state index contributed by atoms with van der Waals surface area (Å²) in [4.78, 5) is 30.3. The van der Waals surface area contributed by atoms with Gasteiger partial charge in [-0.05, 0) is 67.5 Å². The first-order valence-corrected chi connectivity index (χ1v) is 10.6. The van der Waals surface area contributed by atoms with Crippen LogP contribution in [0.1, 0.15) is 29.5 Å². The van der Waals surface area contributed by atoms with Crippen molar-refractivity contribution in [3.05, 3.63) is 69.9 Å². The Morgan fingerprint density at radius 2 is 1.87 bits per heavy atom. The third-order valence-corrected chi connectivity index (χ3v) is 6.25. The van der Waals surface area contributed by atoms with Crippen molar-refractivity contribution in [2.24, 2.45) is 5.92 Å². The quantitative estimate of drug-likeness (QED) is 0.755. The van der Waals surface area contributed by atoms with Crippen molar-refractivity contribution < 1.29 is 14.7 Å². The second-order valence-corrected chi connectivity index (χ2v) is 8.52. The Morgan fingerprint density at radius 3 is 2.57 bits per heavy atom. The normalized spacial score (nSPS) is 19.8. The van der Waals surface area contributed by atoms with E-state index >= 15 is 0 Å². The van der Waals surface area contributed by atoms with Gasteiger partial charge in [-0.3, -0.25) is 9.59 Å². The third kappa shape index (κ3) is 3.64. The van der Waals surface area contributed by atoms with E-state index < -0.39 is 0 Å². The third-order valence-electron chi connectivity index (χ3n) is 6.01. The molecule has 1 N–H and O–H groups in total. The van der Waals surface area contributed by atoms with Crippen molar-refractivity contribution in [2.45, 2.75) is 26.7 Å². The summed E-state index contributed by atoms with van der Waals surface area (Å²) in [5, 5.41) is 10.1. The van der Waals surface area contributed by atoms with Crippen LogP contribution in [-0.2, 0) is 9.59 Å². The molecule has 0 spiro atoms. The molecule has 0 bridgehead atoms. The Labute approximate surface area is 181 Å². The van der Waals surface area contributed by atoms with Gasteiger partial charge in [0.2, 0.25) is 0 Å². The molecular formula is C24H25ClN2O3. The summed E-state index contributed by atoms with van der Waals surface area (Å²) in [6, 6.07) is 12.6. The zero-order chi connectivity index (χ0) is 21.4. The number of anilines is 1. The standard InChI is InChI=1S/C24H25ClN2O3/c1-15-8-9-18(11-16(15)2)21-22(26-10-4-5-17(13-26)14-28)24(30)27(23(21)29)20-7-3-6-19(25)12-20/h3,6-9,11-12,17,28H,4-5,10,13-14H2,1-2H3. The Bertz CT molecular complexity index is 1050. The summed E-state index contributed by atoms with van der Waals surface area (Å²) >= 11 is 6.13. The summed E-state index contributed by atoms with van der Waals surface area (Å²) in [7, 11) is 0. The Hall–Kier alpha value is -2.63. The largest absolute Gasteiger partial charge is 0.396 e. The molecule has 2 aliphatic rings. The minimum atomic E-state index is -0.341. The van der Waals surface area contributed by atoms with Crippen LogP contribution in [0, 0.1) is 19.8 Å². The molecule has 0 radical (unpaired) electrons. The topological polar surface area (TPSA) is 60.9 Å². The van der Waals surface area contributed by atoms with Gasteiger partial charge in [0.15, 0.2) is 0 Å². The molecule has 1 unspecified atom stereocenters. The fraction of sp³-hybridized carbons (Fsp3) is 0.333. The number of imide groups is 1. The fourth-order valence-electron chi connectivity index (χ4n) is 4.24. The van der Waals surface area contributed by atoms with Crippen LogP contribution in [0.3, 0.4) is 0 Å². The lowest BCUT2D eigenvalue weighted by Gasteiger charge is -2.34. The predicted octanol–water partition coefficient (Wildman–Crippen LogP) is 3.95. The van der Waals surface area contributed by atoms with Crippen LogP contribution in [0.4, 0.5) is 5.69 Å². The SMILES string of the molecule is Cc1ccc(C2=C(N3CCCC(CO)C3)C(=O)N(c3cccc(Cl)c3)C2=O)cc1C. The summed E-state index contributed by atoms with van der Waals surface area (Å²) in [6.45, 7) is 5.33. The van der Waals surface area contributed by atoms with Crippen LogP contribution in [0.2, 0.25) is 5.02 Å². The van der Waals surface area contributed by atoms with Crippen molar-refractivity contribution in [3.8, 4) is 0 Å². The zero-order valence-corrected chi connectivity index (χ0v) is 17.9. The van der Waals surface area contributed by atoms with Gasteiger partial charge in [-0.1, -0.05) is 35.9 Å². The molecular weight excluding hydrogens is 400 g/mol. The maximum absolute atomic E-state index is 13.6. The molecule has 2 amide bonds. The number of benzene rings is 2. The highest BCUT2D eigenvalue weighted by molar-refractivity contribution is 6.45. The summed E-state index contributed by atoms with van der Waals surface area (Å²) in [5.74, 6) is -0.587. The smallest absolute Gasteiger partial charge is 0.282 e. The van der Waals surface area contributed by atoms with E-state index in [9.17, 15) is 14.7 Å². The molecule has 1 saturated heterocycles. The number of carbonyl (C=O) groups excluding carboxylic acids is 2. The van der Waals surface area contributed by atoms with E-state index in [0.717, 1.165) is 29.5 Å². The van der Waals surface area contributed by atoms with Crippen LogP contribution < -0.4 is 4.90 Å². The van der Waals surface area contributed by atoms with Gasteiger partial charge in [0.25, 0.3) is 11.8 Å². The van der Waals surface area contributed by atoms with Crippen molar-refractivity contribution in [1.29, 1.82) is 0 Å². The van der Waals surface area contributed by atoms with E-state index in [0.29, 0.717) is 35.1 Å². The van der Waals surface area contributed by atoms with Crippen LogP contribution in [0.5, 0.6) is 0 Å². The van der Waals surface area contributed by atoms with Crippen molar-refractivity contribution >= 4 is 34.7 Å². The number of hydrogen-bond acceptors (Lipinski definition) is 4. The second kappa shape index (κ2) is 8.25. The number of likely N-dealkylation sites (tertiary alicyclic amines) is 1. The van der Waals surface area contributed by atoms with Crippen molar-refractivity contribution in [3.63, 3.8) is 0 Å². The molecule has 2 heterocycles. The Morgan fingerprint density at radius 1 is 1.07 bits per heavy atom. The zero-order valence-electron chi connectivity index (χ0n) is 17.2. The molecule has 4 rings (SSSR count). The van der Waals surface area contributed by atoms with E-state index in [4.69, 9.17) is 11.6 Å². The monoisotopic (exact) mass is 424 g/mol. The average Bonchev–Trinajstić information content (AvgIpc) is 3.00. The first-order chi connectivity index (χ1) is 14.4. The van der Waals surface area contributed by atoms with E-state index in [2.05, 4.69) is 0 Å². The van der Waals surface area contributed by atoms with Gasteiger partial charge in [0.1, 0.15) is 5.70 Å². The van der Waals surface area contributed by atoms with Gasteiger partial charge in [-0.25, -0.2) is 4.90 Å². The minimum Gasteiger partial charge on any atom is -0.396 e. The number of halogens is 1. The maximum atomic E-state index is 13.6. The van der Waals surface area contributed by atoms with E-state index in [1.165, 1.54) is 4.90 Å². The number of hydrogen-bond donors (Lipinski definition) is 1. The molecule has 5 nitrogen and oxygen atoms in total. The first-order valence-electron chi connectivity index (χ1n) is 10.2. The lowest BCUT2D eigenvalue weighted by molar-refractivity contribution is -0.120. The van der Waals surface area contributed by atoms with E-state index in [-0.39, 0.29) is 24.3 Å². The number of nitrogens with zero attached hydrogens (tertiary/aromatic N) is 2. The molecule has 30 heavy (non-hydrogen) atoms. The number of aliphatic hydroxyl groups excluding tert-OH is 1. The predicted molar refractivity (Wildman–Crippen MR) is 118 cm³/mol. The van der Waals surface area contributed by atoms with E-state index in [1.807, 2.05) is 36.9 Å². The molecule has 1 atom stereocenters.